The second-order valence-electron chi connectivity index (χ2n) is 4.78. The molecule has 4 heteroatoms. The Bertz CT molecular complexity index is 400. The molecule has 0 unspecified atom stereocenters. The van der Waals surface area contributed by atoms with E-state index in [2.05, 4.69) is 10.3 Å². The Labute approximate surface area is 108 Å². The number of carbonyl (C=O) groups is 1. The molecule has 1 aliphatic rings. The van der Waals surface area contributed by atoms with E-state index in [1.165, 1.54) is 6.42 Å². The first-order chi connectivity index (χ1) is 8.75. The van der Waals surface area contributed by atoms with E-state index < -0.39 is 0 Å². The number of aromatic nitrogens is 1. The summed E-state index contributed by atoms with van der Waals surface area (Å²) < 4.78 is 0. The van der Waals surface area contributed by atoms with Crippen molar-refractivity contribution in [2.75, 3.05) is 25.0 Å². The number of pyridine rings is 1. The van der Waals surface area contributed by atoms with E-state index >= 15 is 0 Å². The summed E-state index contributed by atoms with van der Waals surface area (Å²) in [6.45, 7) is 4.49. The molecule has 1 aliphatic heterocycles. The average molecular weight is 247 g/mol. The second kappa shape index (κ2) is 6.38. The Balaban J connectivity index is 1.73. The fraction of sp³-hybridized carbons (Fsp3) is 0.571. The van der Waals surface area contributed by atoms with Gasteiger partial charge in [-0.2, -0.15) is 0 Å². The maximum absolute atomic E-state index is 11.9. The van der Waals surface area contributed by atoms with Crippen LogP contribution in [0.2, 0.25) is 0 Å². The number of carbonyl (C=O) groups excluding carboxylic acids is 1. The van der Waals surface area contributed by atoms with E-state index in [1.807, 2.05) is 30.0 Å². The summed E-state index contributed by atoms with van der Waals surface area (Å²) >= 11 is 0. The number of hydrogen-bond donors (Lipinski definition) is 1. The van der Waals surface area contributed by atoms with Crippen LogP contribution in [0.1, 0.15) is 31.4 Å². The number of anilines is 1. The van der Waals surface area contributed by atoms with E-state index in [-0.39, 0.29) is 5.91 Å². The summed E-state index contributed by atoms with van der Waals surface area (Å²) in [4.78, 5) is 18.2. The van der Waals surface area contributed by atoms with E-state index in [0.29, 0.717) is 13.0 Å². The Kier molecular flexibility index (Phi) is 4.56. The number of nitrogens with zero attached hydrogens (tertiary/aromatic N) is 2. The lowest BCUT2D eigenvalue weighted by Crippen LogP contribution is -2.36. The molecular formula is C14H21N3O. The Morgan fingerprint density at radius 3 is 2.83 bits per heavy atom. The number of aryl methyl sites for hydroxylation is 1. The molecule has 4 nitrogen and oxygen atoms in total. The molecule has 0 aromatic carbocycles. The molecule has 2 rings (SSSR count). The van der Waals surface area contributed by atoms with Crippen LogP contribution in [0.15, 0.2) is 18.2 Å². The van der Waals surface area contributed by atoms with Crippen LogP contribution in [0.4, 0.5) is 5.82 Å². The van der Waals surface area contributed by atoms with Gasteiger partial charge in [0.1, 0.15) is 5.82 Å². The summed E-state index contributed by atoms with van der Waals surface area (Å²) in [5.74, 6) is 1.11. The molecule has 98 valence electrons. The molecule has 0 saturated carbocycles. The first-order valence-electron chi connectivity index (χ1n) is 6.71. The highest BCUT2D eigenvalue weighted by Crippen LogP contribution is 2.10. The van der Waals surface area contributed by atoms with Crippen LogP contribution >= 0.6 is 0 Å². The van der Waals surface area contributed by atoms with Crippen LogP contribution in [0.3, 0.4) is 0 Å². The topological polar surface area (TPSA) is 45.2 Å². The zero-order valence-corrected chi connectivity index (χ0v) is 11.0. The van der Waals surface area contributed by atoms with Crippen LogP contribution < -0.4 is 5.32 Å². The van der Waals surface area contributed by atoms with Crippen LogP contribution in [-0.4, -0.2) is 35.4 Å². The molecule has 0 bridgehead atoms. The Morgan fingerprint density at radius 1 is 1.33 bits per heavy atom. The number of nitrogens with one attached hydrogen (secondary N) is 1. The number of amides is 1. The predicted molar refractivity (Wildman–Crippen MR) is 72.5 cm³/mol. The van der Waals surface area contributed by atoms with Crippen molar-refractivity contribution in [1.29, 1.82) is 0 Å². The summed E-state index contributed by atoms with van der Waals surface area (Å²) in [5.41, 5.74) is 0.988. The Morgan fingerprint density at radius 2 is 2.11 bits per heavy atom. The van der Waals surface area contributed by atoms with Crippen LogP contribution in [0.25, 0.3) is 0 Å². The first kappa shape index (κ1) is 12.9. The van der Waals surface area contributed by atoms with Gasteiger partial charge in [0.15, 0.2) is 0 Å². The van der Waals surface area contributed by atoms with Gasteiger partial charge in [0, 0.05) is 31.7 Å². The van der Waals surface area contributed by atoms with Gasteiger partial charge >= 0.3 is 0 Å². The lowest BCUT2D eigenvalue weighted by molar-refractivity contribution is -0.131. The minimum Gasteiger partial charge on any atom is -0.370 e. The van der Waals surface area contributed by atoms with E-state index in [4.69, 9.17) is 0 Å². The highest BCUT2D eigenvalue weighted by molar-refractivity contribution is 5.76. The number of piperidine rings is 1. The molecule has 0 spiro atoms. The predicted octanol–water partition coefficient (Wildman–Crippen LogP) is 2.20. The summed E-state index contributed by atoms with van der Waals surface area (Å²) in [5, 5.41) is 3.20. The van der Waals surface area contributed by atoms with Crippen molar-refractivity contribution in [3.05, 3.63) is 23.9 Å². The van der Waals surface area contributed by atoms with Crippen molar-refractivity contribution in [2.45, 2.75) is 32.6 Å². The molecule has 0 atom stereocenters. The quantitative estimate of drug-likeness (QED) is 0.887. The lowest BCUT2D eigenvalue weighted by Gasteiger charge is -2.26. The van der Waals surface area contributed by atoms with E-state index in [1.54, 1.807) is 0 Å². The van der Waals surface area contributed by atoms with Gasteiger partial charge in [-0.25, -0.2) is 4.98 Å². The highest BCUT2D eigenvalue weighted by Gasteiger charge is 2.15. The molecule has 1 aromatic heterocycles. The minimum atomic E-state index is 0.259. The van der Waals surface area contributed by atoms with Gasteiger partial charge < -0.3 is 10.2 Å². The molecule has 18 heavy (non-hydrogen) atoms. The van der Waals surface area contributed by atoms with E-state index in [9.17, 15) is 4.79 Å². The molecule has 2 heterocycles. The van der Waals surface area contributed by atoms with Gasteiger partial charge in [0.05, 0.1) is 0 Å². The van der Waals surface area contributed by atoms with Crippen molar-refractivity contribution in [2.24, 2.45) is 0 Å². The van der Waals surface area contributed by atoms with Gasteiger partial charge in [-0.1, -0.05) is 6.07 Å². The third-order valence-electron chi connectivity index (χ3n) is 3.24. The van der Waals surface area contributed by atoms with Crippen molar-refractivity contribution in [1.82, 2.24) is 9.88 Å². The van der Waals surface area contributed by atoms with E-state index in [0.717, 1.165) is 37.4 Å². The fourth-order valence-electron chi connectivity index (χ4n) is 2.24. The minimum absolute atomic E-state index is 0.259. The van der Waals surface area contributed by atoms with Crippen LogP contribution in [0.5, 0.6) is 0 Å². The van der Waals surface area contributed by atoms with Gasteiger partial charge in [0.25, 0.3) is 0 Å². The van der Waals surface area contributed by atoms with Gasteiger partial charge in [-0.05, 0) is 38.3 Å². The van der Waals surface area contributed by atoms with Crippen molar-refractivity contribution in [3.63, 3.8) is 0 Å². The van der Waals surface area contributed by atoms with Crippen molar-refractivity contribution >= 4 is 11.7 Å². The fourth-order valence-corrected chi connectivity index (χ4v) is 2.24. The maximum Gasteiger partial charge on any atom is 0.224 e. The smallest absolute Gasteiger partial charge is 0.224 e. The molecule has 1 aromatic rings. The number of hydrogen-bond acceptors (Lipinski definition) is 3. The van der Waals surface area contributed by atoms with Gasteiger partial charge in [-0.15, -0.1) is 0 Å². The van der Waals surface area contributed by atoms with Crippen LogP contribution in [-0.2, 0) is 4.79 Å². The van der Waals surface area contributed by atoms with Gasteiger partial charge in [-0.3, -0.25) is 4.79 Å². The highest BCUT2D eigenvalue weighted by atomic mass is 16.2. The Hall–Kier alpha value is -1.58. The third kappa shape index (κ3) is 3.72. The van der Waals surface area contributed by atoms with Crippen molar-refractivity contribution in [3.8, 4) is 0 Å². The summed E-state index contributed by atoms with van der Waals surface area (Å²) in [6.07, 6.45) is 4.11. The van der Waals surface area contributed by atoms with Crippen molar-refractivity contribution < 1.29 is 4.79 Å². The summed E-state index contributed by atoms with van der Waals surface area (Å²) in [7, 11) is 0. The number of likely N-dealkylation sites (tertiary alicyclic amines) is 1. The zero-order chi connectivity index (χ0) is 12.8. The SMILES string of the molecule is Cc1cccc(NCCC(=O)N2CCCCC2)n1. The molecular weight excluding hydrogens is 226 g/mol. The monoisotopic (exact) mass is 247 g/mol. The third-order valence-corrected chi connectivity index (χ3v) is 3.24. The molecule has 0 aliphatic carbocycles. The second-order valence-corrected chi connectivity index (χ2v) is 4.78. The molecule has 1 fully saturated rings. The normalized spacial score (nSPS) is 15.5. The standard InChI is InChI=1S/C14H21N3O/c1-12-6-5-7-13(16-12)15-9-8-14(18)17-10-3-2-4-11-17/h5-7H,2-4,8-11H2,1H3,(H,15,16). The lowest BCUT2D eigenvalue weighted by atomic mass is 10.1. The zero-order valence-electron chi connectivity index (χ0n) is 11.0. The molecule has 0 radical (unpaired) electrons. The summed E-state index contributed by atoms with van der Waals surface area (Å²) in [6, 6.07) is 5.86. The molecule has 1 saturated heterocycles. The largest absolute Gasteiger partial charge is 0.370 e. The molecule has 1 N–H and O–H groups in total. The number of rotatable bonds is 4. The average Bonchev–Trinajstić information content (AvgIpc) is 2.40. The molecule has 1 amide bonds. The maximum atomic E-state index is 11.9. The first-order valence-corrected chi connectivity index (χ1v) is 6.71. The van der Waals surface area contributed by atoms with Crippen LogP contribution in [0, 0.1) is 6.92 Å². The van der Waals surface area contributed by atoms with Gasteiger partial charge in [0.2, 0.25) is 5.91 Å².